The molecule has 0 aromatic heterocycles. The van der Waals surface area contributed by atoms with Crippen molar-refractivity contribution >= 4 is 17.8 Å². The van der Waals surface area contributed by atoms with Crippen LogP contribution in [0.3, 0.4) is 0 Å². The van der Waals surface area contributed by atoms with E-state index in [2.05, 4.69) is 5.32 Å². The standard InChI is InChI=1S/C15H22N2O4/c1-15(14(20)21,16-9-4-5-9)6-2-3-7-17-12(18)10-8-11(10)13(17)19/h9-11,16H,2-8H2,1H3,(H,20,21). The van der Waals surface area contributed by atoms with Crippen LogP contribution in [-0.2, 0) is 14.4 Å². The van der Waals surface area contributed by atoms with Gasteiger partial charge in [0.1, 0.15) is 5.54 Å². The summed E-state index contributed by atoms with van der Waals surface area (Å²) >= 11 is 0. The van der Waals surface area contributed by atoms with Crippen molar-refractivity contribution in [3.63, 3.8) is 0 Å². The maximum Gasteiger partial charge on any atom is 0.323 e. The highest BCUT2D eigenvalue weighted by Crippen LogP contribution is 2.46. The number of hydrogen-bond donors (Lipinski definition) is 2. The fourth-order valence-electron chi connectivity index (χ4n) is 3.14. The maximum absolute atomic E-state index is 11.8. The van der Waals surface area contributed by atoms with E-state index in [1.54, 1.807) is 6.92 Å². The van der Waals surface area contributed by atoms with Crippen LogP contribution in [0.15, 0.2) is 0 Å². The number of carbonyl (C=O) groups is 3. The molecule has 0 aromatic carbocycles. The van der Waals surface area contributed by atoms with Gasteiger partial charge in [-0.1, -0.05) is 0 Å². The summed E-state index contributed by atoms with van der Waals surface area (Å²) in [6.45, 7) is 2.15. The first-order valence-electron chi connectivity index (χ1n) is 7.79. The van der Waals surface area contributed by atoms with Gasteiger partial charge < -0.3 is 5.11 Å². The predicted molar refractivity (Wildman–Crippen MR) is 74.4 cm³/mol. The number of amides is 2. The number of piperidine rings is 1. The zero-order valence-corrected chi connectivity index (χ0v) is 12.3. The first-order valence-corrected chi connectivity index (χ1v) is 7.79. The molecule has 0 spiro atoms. The Hall–Kier alpha value is -1.43. The Bertz CT molecular complexity index is 468. The molecule has 2 saturated carbocycles. The number of aliphatic carboxylic acids is 1. The number of nitrogens with zero attached hydrogens (tertiary/aromatic N) is 1. The molecule has 0 radical (unpaired) electrons. The van der Waals surface area contributed by atoms with E-state index in [1.165, 1.54) is 4.90 Å². The van der Waals surface area contributed by atoms with Crippen molar-refractivity contribution in [3.8, 4) is 0 Å². The number of carboxylic acid groups (broad SMARTS) is 1. The largest absolute Gasteiger partial charge is 0.480 e. The van der Waals surface area contributed by atoms with E-state index in [1.807, 2.05) is 0 Å². The van der Waals surface area contributed by atoms with Crippen LogP contribution in [0.5, 0.6) is 0 Å². The predicted octanol–water partition coefficient (Wildman–Crippen LogP) is 0.757. The number of unbranched alkanes of at least 4 members (excludes halogenated alkanes) is 1. The van der Waals surface area contributed by atoms with Gasteiger partial charge in [-0.05, 0) is 45.4 Å². The van der Waals surface area contributed by atoms with Crippen molar-refractivity contribution in [1.29, 1.82) is 0 Å². The number of hydrogen-bond acceptors (Lipinski definition) is 4. The van der Waals surface area contributed by atoms with Gasteiger partial charge in [-0.2, -0.15) is 0 Å². The van der Waals surface area contributed by atoms with Crippen molar-refractivity contribution in [2.75, 3.05) is 6.54 Å². The molecule has 3 unspecified atom stereocenters. The lowest BCUT2D eigenvalue weighted by molar-refractivity contribution is -0.145. The summed E-state index contributed by atoms with van der Waals surface area (Å²) in [5.41, 5.74) is -0.900. The van der Waals surface area contributed by atoms with Crippen LogP contribution in [0, 0.1) is 11.8 Å². The van der Waals surface area contributed by atoms with E-state index < -0.39 is 11.5 Å². The van der Waals surface area contributed by atoms with Gasteiger partial charge in [-0.3, -0.25) is 24.6 Å². The molecule has 6 heteroatoms. The Kier molecular flexibility index (Phi) is 3.51. The molecule has 1 saturated heterocycles. The zero-order valence-electron chi connectivity index (χ0n) is 12.3. The highest BCUT2D eigenvalue weighted by Gasteiger charge is 2.58. The van der Waals surface area contributed by atoms with Gasteiger partial charge in [0.15, 0.2) is 0 Å². The Morgan fingerprint density at radius 1 is 1.29 bits per heavy atom. The number of likely N-dealkylation sites (tertiary alicyclic amines) is 1. The van der Waals surface area contributed by atoms with Crippen molar-refractivity contribution in [3.05, 3.63) is 0 Å². The topological polar surface area (TPSA) is 86.7 Å². The molecule has 2 amide bonds. The molecule has 0 bridgehead atoms. The molecule has 0 aromatic rings. The van der Waals surface area contributed by atoms with Crippen LogP contribution < -0.4 is 5.32 Å². The zero-order chi connectivity index (χ0) is 15.2. The monoisotopic (exact) mass is 294 g/mol. The highest BCUT2D eigenvalue weighted by atomic mass is 16.4. The third-order valence-electron chi connectivity index (χ3n) is 4.84. The average Bonchev–Trinajstić information content (AvgIpc) is 3.30. The van der Waals surface area contributed by atoms with Crippen LogP contribution in [-0.4, -0.2) is 45.9 Å². The molecular formula is C15H22N2O4. The van der Waals surface area contributed by atoms with Crippen molar-refractivity contribution < 1.29 is 19.5 Å². The molecule has 1 aliphatic heterocycles. The number of fused-ring (bicyclic) bond motifs is 1. The van der Waals surface area contributed by atoms with Gasteiger partial charge in [0, 0.05) is 12.6 Å². The van der Waals surface area contributed by atoms with Crippen LogP contribution in [0.2, 0.25) is 0 Å². The minimum Gasteiger partial charge on any atom is -0.480 e. The lowest BCUT2D eigenvalue weighted by Gasteiger charge is -2.26. The van der Waals surface area contributed by atoms with Gasteiger partial charge >= 0.3 is 5.97 Å². The first kappa shape index (κ1) is 14.5. The molecular weight excluding hydrogens is 272 g/mol. The van der Waals surface area contributed by atoms with E-state index in [0.717, 1.165) is 19.3 Å². The van der Waals surface area contributed by atoms with Gasteiger partial charge in [0.25, 0.3) is 0 Å². The minimum atomic E-state index is -0.900. The second kappa shape index (κ2) is 5.09. The Labute approximate surface area is 123 Å². The average molecular weight is 294 g/mol. The van der Waals surface area contributed by atoms with E-state index in [9.17, 15) is 19.5 Å². The Balaban J connectivity index is 1.43. The SMILES string of the molecule is CC(CCCCN1C(=O)C2CC2C1=O)(NC1CC1)C(=O)O. The molecule has 2 N–H and O–H groups in total. The molecule has 3 rings (SSSR count). The van der Waals surface area contributed by atoms with Gasteiger partial charge in [0.2, 0.25) is 11.8 Å². The van der Waals surface area contributed by atoms with Crippen LogP contribution in [0.25, 0.3) is 0 Å². The summed E-state index contributed by atoms with van der Waals surface area (Å²) in [6.07, 6.45) is 4.70. The number of imide groups is 1. The number of carbonyl (C=O) groups excluding carboxylic acids is 2. The Morgan fingerprint density at radius 2 is 1.90 bits per heavy atom. The smallest absolute Gasteiger partial charge is 0.323 e. The van der Waals surface area contributed by atoms with Gasteiger partial charge in [-0.15, -0.1) is 0 Å². The fraction of sp³-hybridized carbons (Fsp3) is 0.800. The van der Waals surface area contributed by atoms with Crippen molar-refractivity contribution in [2.24, 2.45) is 11.8 Å². The molecule has 3 atom stereocenters. The minimum absolute atomic E-state index is 0.0258. The maximum atomic E-state index is 11.8. The molecule has 3 aliphatic rings. The summed E-state index contributed by atoms with van der Waals surface area (Å²) in [6, 6.07) is 0.333. The third kappa shape index (κ3) is 2.81. The van der Waals surface area contributed by atoms with Gasteiger partial charge in [-0.25, -0.2) is 0 Å². The summed E-state index contributed by atoms with van der Waals surface area (Å²) in [7, 11) is 0. The molecule has 2 aliphatic carbocycles. The number of rotatable bonds is 8. The van der Waals surface area contributed by atoms with E-state index in [-0.39, 0.29) is 23.7 Å². The van der Waals surface area contributed by atoms with E-state index in [4.69, 9.17) is 0 Å². The molecule has 1 heterocycles. The lowest BCUT2D eigenvalue weighted by atomic mass is 9.94. The number of nitrogens with one attached hydrogen (secondary N) is 1. The van der Waals surface area contributed by atoms with Crippen LogP contribution in [0.1, 0.15) is 45.4 Å². The second-order valence-corrected chi connectivity index (χ2v) is 6.79. The van der Waals surface area contributed by atoms with E-state index in [0.29, 0.717) is 31.8 Å². The van der Waals surface area contributed by atoms with Crippen LogP contribution in [0.4, 0.5) is 0 Å². The lowest BCUT2D eigenvalue weighted by Crippen LogP contribution is -2.50. The van der Waals surface area contributed by atoms with Gasteiger partial charge in [0.05, 0.1) is 11.8 Å². The fourth-order valence-corrected chi connectivity index (χ4v) is 3.14. The van der Waals surface area contributed by atoms with Crippen molar-refractivity contribution in [2.45, 2.75) is 57.0 Å². The summed E-state index contributed by atoms with van der Waals surface area (Å²) < 4.78 is 0. The van der Waals surface area contributed by atoms with Crippen LogP contribution >= 0.6 is 0 Å². The quantitative estimate of drug-likeness (QED) is 0.510. The summed E-state index contributed by atoms with van der Waals surface area (Å²) in [5, 5.41) is 12.5. The first-order chi connectivity index (χ1) is 9.92. The summed E-state index contributed by atoms with van der Waals surface area (Å²) in [5.74, 6) is -0.968. The summed E-state index contributed by atoms with van der Waals surface area (Å²) in [4.78, 5) is 36.4. The van der Waals surface area contributed by atoms with E-state index >= 15 is 0 Å². The highest BCUT2D eigenvalue weighted by molar-refractivity contribution is 6.08. The second-order valence-electron chi connectivity index (χ2n) is 6.79. The number of carboxylic acids is 1. The molecule has 6 nitrogen and oxygen atoms in total. The molecule has 21 heavy (non-hydrogen) atoms. The molecule has 116 valence electrons. The van der Waals surface area contributed by atoms with Crippen molar-refractivity contribution in [1.82, 2.24) is 10.2 Å². The Morgan fingerprint density at radius 3 is 2.43 bits per heavy atom. The normalized spacial score (nSPS) is 30.2. The molecule has 3 fully saturated rings. The third-order valence-corrected chi connectivity index (χ3v) is 4.84.